The lowest BCUT2D eigenvalue weighted by Gasteiger charge is -2.29. The van der Waals surface area contributed by atoms with E-state index in [2.05, 4.69) is 0 Å². The van der Waals surface area contributed by atoms with Gasteiger partial charge in [-0.05, 0) is 6.07 Å². The van der Waals surface area contributed by atoms with Crippen LogP contribution in [0.1, 0.15) is 6.92 Å². The minimum atomic E-state index is -3.80. The van der Waals surface area contributed by atoms with Crippen molar-refractivity contribution in [1.82, 2.24) is 4.31 Å². The van der Waals surface area contributed by atoms with Gasteiger partial charge in [0.1, 0.15) is 0 Å². The zero-order valence-electron chi connectivity index (χ0n) is 10.7. The summed E-state index contributed by atoms with van der Waals surface area (Å²) in [5.41, 5.74) is -0.730. The first-order valence-corrected chi connectivity index (χ1v) is 8.37. The van der Waals surface area contributed by atoms with Crippen LogP contribution in [0.5, 0.6) is 0 Å². The largest absolute Gasteiger partial charge is 0.304 e. The van der Waals surface area contributed by atoms with Crippen molar-refractivity contribution in [2.24, 2.45) is 0 Å². The van der Waals surface area contributed by atoms with E-state index in [1.807, 2.05) is 6.92 Å². The standard InChI is InChI=1S/C11H13FN2O4S2/c1-8-7-13(4-5-19-8)20(17,18)9-2-3-11(14(15)16)10(12)6-9/h2-3,6,8H,4-5,7H2,1H3. The summed E-state index contributed by atoms with van der Waals surface area (Å²) in [6, 6.07) is 2.66. The number of sulfonamides is 1. The summed E-state index contributed by atoms with van der Waals surface area (Å²) in [5.74, 6) is -0.467. The molecule has 110 valence electrons. The summed E-state index contributed by atoms with van der Waals surface area (Å²) in [4.78, 5) is 9.40. The zero-order valence-corrected chi connectivity index (χ0v) is 12.3. The van der Waals surface area contributed by atoms with Gasteiger partial charge in [-0.1, -0.05) is 6.92 Å². The van der Waals surface area contributed by atoms with Crippen LogP contribution in [0.2, 0.25) is 0 Å². The molecule has 20 heavy (non-hydrogen) atoms. The summed E-state index contributed by atoms with van der Waals surface area (Å²) >= 11 is 1.67. The van der Waals surface area contributed by atoms with Gasteiger partial charge >= 0.3 is 5.69 Å². The fourth-order valence-corrected chi connectivity index (χ4v) is 4.72. The van der Waals surface area contributed by atoms with Crippen molar-refractivity contribution in [1.29, 1.82) is 0 Å². The lowest BCUT2D eigenvalue weighted by molar-refractivity contribution is -0.387. The second kappa shape index (κ2) is 5.66. The topological polar surface area (TPSA) is 80.5 Å². The molecule has 1 aromatic rings. The third-order valence-electron chi connectivity index (χ3n) is 2.96. The highest BCUT2D eigenvalue weighted by Crippen LogP contribution is 2.26. The van der Waals surface area contributed by atoms with Crippen LogP contribution in [0.15, 0.2) is 23.1 Å². The molecule has 0 N–H and O–H groups in total. The van der Waals surface area contributed by atoms with E-state index in [9.17, 15) is 22.9 Å². The molecule has 1 aromatic carbocycles. The lowest BCUT2D eigenvalue weighted by atomic mass is 10.3. The van der Waals surface area contributed by atoms with Gasteiger partial charge in [0, 0.05) is 36.2 Å². The predicted molar refractivity (Wildman–Crippen MR) is 73.7 cm³/mol. The van der Waals surface area contributed by atoms with Crippen LogP contribution in [0, 0.1) is 15.9 Å². The van der Waals surface area contributed by atoms with Gasteiger partial charge in [-0.2, -0.15) is 20.5 Å². The van der Waals surface area contributed by atoms with Crippen molar-refractivity contribution in [2.75, 3.05) is 18.8 Å². The molecule has 1 aliphatic heterocycles. The van der Waals surface area contributed by atoms with Crippen molar-refractivity contribution < 1.29 is 17.7 Å². The van der Waals surface area contributed by atoms with Gasteiger partial charge in [0.25, 0.3) is 0 Å². The number of nitro groups is 1. The van der Waals surface area contributed by atoms with E-state index in [0.717, 1.165) is 12.1 Å². The third-order valence-corrected chi connectivity index (χ3v) is 5.95. The summed E-state index contributed by atoms with van der Waals surface area (Å²) < 4.78 is 39.5. The maximum atomic E-state index is 13.5. The Morgan fingerprint density at radius 2 is 2.20 bits per heavy atom. The number of thioether (sulfide) groups is 1. The number of benzene rings is 1. The molecule has 6 nitrogen and oxygen atoms in total. The first kappa shape index (κ1) is 15.2. The van der Waals surface area contributed by atoms with Crippen LogP contribution in [-0.2, 0) is 10.0 Å². The van der Waals surface area contributed by atoms with Crippen molar-refractivity contribution >= 4 is 27.5 Å². The smallest absolute Gasteiger partial charge is 0.258 e. The Morgan fingerprint density at radius 1 is 1.50 bits per heavy atom. The van der Waals surface area contributed by atoms with E-state index in [0.29, 0.717) is 24.9 Å². The quantitative estimate of drug-likeness (QED) is 0.627. The van der Waals surface area contributed by atoms with Gasteiger partial charge in [0.15, 0.2) is 0 Å². The Labute approximate surface area is 120 Å². The van der Waals surface area contributed by atoms with Crippen LogP contribution in [0.25, 0.3) is 0 Å². The number of halogens is 1. The van der Waals surface area contributed by atoms with Crippen LogP contribution >= 0.6 is 11.8 Å². The van der Waals surface area contributed by atoms with Gasteiger partial charge in [-0.3, -0.25) is 10.1 Å². The van der Waals surface area contributed by atoms with Gasteiger partial charge in [0.05, 0.1) is 9.82 Å². The lowest BCUT2D eigenvalue weighted by Crippen LogP contribution is -2.40. The van der Waals surface area contributed by atoms with E-state index < -0.39 is 26.5 Å². The number of nitrogens with zero attached hydrogens (tertiary/aromatic N) is 2. The molecule has 1 aliphatic rings. The minimum absolute atomic E-state index is 0.168. The molecule has 1 fully saturated rings. The van der Waals surface area contributed by atoms with E-state index >= 15 is 0 Å². The normalized spacial score (nSPS) is 20.8. The highest BCUT2D eigenvalue weighted by Gasteiger charge is 2.30. The second-order valence-electron chi connectivity index (χ2n) is 4.41. The Bertz CT molecular complexity index is 635. The average molecular weight is 320 g/mol. The van der Waals surface area contributed by atoms with Crippen molar-refractivity contribution in [2.45, 2.75) is 17.1 Å². The number of nitro benzene ring substituents is 1. The van der Waals surface area contributed by atoms with Gasteiger partial charge in [-0.25, -0.2) is 8.42 Å². The second-order valence-corrected chi connectivity index (χ2v) is 7.90. The van der Waals surface area contributed by atoms with E-state index in [-0.39, 0.29) is 10.1 Å². The molecule has 1 atom stereocenters. The maximum Gasteiger partial charge on any atom is 0.304 e. The fraction of sp³-hybridized carbons (Fsp3) is 0.455. The number of hydrogen-bond donors (Lipinski definition) is 0. The molecule has 9 heteroatoms. The van der Waals surface area contributed by atoms with Crippen LogP contribution in [-0.4, -0.2) is 41.7 Å². The average Bonchev–Trinajstić information content (AvgIpc) is 2.38. The Kier molecular flexibility index (Phi) is 4.31. The van der Waals surface area contributed by atoms with Crippen LogP contribution in [0.3, 0.4) is 0 Å². The van der Waals surface area contributed by atoms with E-state index in [4.69, 9.17) is 0 Å². The van der Waals surface area contributed by atoms with Crippen molar-refractivity contribution in [3.8, 4) is 0 Å². The first-order chi connectivity index (χ1) is 9.32. The highest BCUT2D eigenvalue weighted by molar-refractivity contribution is 8.00. The zero-order chi connectivity index (χ0) is 14.9. The number of hydrogen-bond acceptors (Lipinski definition) is 5. The molecule has 0 saturated carbocycles. The fourth-order valence-electron chi connectivity index (χ4n) is 1.95. The molecular formula is C11H13FN2O4S2. The molecule has 0 aromatic heterocycles. The van der Waals surface area contributed by atoms with Crippen LogP contribution < -0.4 is 0 Å². The van der Waals surface area contributed by atoms with Gasteiger partial charge in [-0.15, -0.1) is 0 Å². The molecule has 0 amide bonds. The molecule has 1 unspecified atom stereocenters. The minimum Gasteiger partial charge on any atom is -0.258 e. The Balaban J connectivity index is 2.34. The molecule has 2 rings (SSSR count). The SMILES string of the molecule is CC1CN(S(=O)(=O)c2ccc([N+](=O)[O-])c(F)c2)CCS1. The van der Waals surface area contributed by atoms with E-state index in [1.54, 1.807) is 11.8 Å². The monoisotopic (exact) mass is 320 g/mol. The molecular weight excluding hydrogens is 307 g/mol. The summed E-state index contributed by atoms with van der Waals surface area (Å²) in [6.45, 7) is 2.63. The molecule has 0 radical (unpaired) electrons. The molecule has 0 bridgehead atoms. The summed E-state index contributed by atoms with van der Waals surface area (Å²) in [6.07, 6.45) is 0. The number of rotatable bonds is 3. The van der Waals surface area contributed by atoms with Crippen molar-refractivity contribution in [3.63, 3.8) is 0 Å². The molecule has 1 heterocycles. The Morgan fingerprint density at radius 3 is 2.75 bits per heavy atom. The van der Waals surface area contributed by atoms with Crippen LogP contribution in [0.4, 0.5) is 10.1 Å². The third kappa shape index (κ3) is 2.94. The summed E-state index contributed by atoms with van der Waals surface area (Å²) in [5, 5.41) is 10.7. The van der Waals surface area contributed by atoms with Gasteiger partial charge < -0.3 is 0 Å². The maximum absolute atomic E-state index is 13.5. The summed E-state index contributed by atoms with van der Waals surface area (Å²) in [7, 11) is -3.80. The van der Waals surface area contributed by atoms with Crippen molar-refractivity contribution in [3.05, 3.63) is 34.1 Å². The molecule has 0 spiro atoms. The Hall–Kier alpha value is -1.19. The first-order valence-electron chi connectivity index (χ1n) is 5.88. The molecule has 0 aliphatic carbocycles. The highest BCUT2D eigenvalue weighted by atomic mass is 32.2. The predicted octanol–water partition coefficient (Wildman–Crippen LogP) is 1.86. The molecule has 1 saturated heterocycles. The van der Waals surface area contributed by atoms with E-state index in [1.165, 1.54) is 4.31 Å². The van der Waals surface area contributed by atoms with Gasteiger partial charge in [0.2, 0.25) is 15.8 Å².